The highest BCUT2D eigenvalue weighted by Gasteiger charge is 2.37. The predicted octanol–water partition coefficient (Wildman–Crippen LogP) is 5.03. The van der Waals surface area contributed by atoms with Gasteiger partial charge in [-0.3, -0.25) is 9.59 Å². The maximum absolute atomic E-state index is 12.9. The van der Waals surface area contributed by atoms with Gasteiger partial charge in [-0.1, -0.05) is 60.1 Å². The molecule has 1 unspecified atom stereocenters. The van der Waals surface area contributed by atoms with Crippen LogP contribution in [-0.4, -0.2) is 28.7 Å². The average molecular weight is 461 g/mol. The van der Waals surface area contributed by atoms with Crippen molar-refractivity contribution in [1.82, 2.24) is 9.78 Å². The van der Waals surface area contributed by atoms with Crippen LogP contribution in [0.5, 0.6) is 0 Å². The Morgan fingerprint density at radius 2 is 1.88 bits per heavy atom. The zero-order valence-corrected chi connectivity index (χ0v) is 18.6. The van der Waals surface area contributed by atoms with Crippen LogP contribution in [0.15, 0.2) is 66.7 Å². The Morgan fingerprint density at radius 3 is 2.67 bits per heavy atom. The van der Waals surface area contributed by atoms with E-state index in [0.29, 0.717) is 22.2 Å². The topological polar surface area (TPSA) is 85.2 Å². The molecule has 0 bridgehead atoms. The average Bonchev–Trinajstić information content (AvgIpc) is 3.30. The third kappa shape index (κ3) is 3.97. The van der Waals surface area contributed by atoms with Gasteiger partial charge in [0.05, 0.1) is 18.7 Å². The summed E-state index contributed by atoms with van der Waals surface area (Å²) < 4.78 is 6.91. The number of benzene rings is 3. The number of ether oxygens (including phenoxy) is 1. The number of fused-ring (bicyclic) bond motifs is 2. The summed E-state index contributed by atoms with van der Waals surface area (Å²) in [7, 11) is 1.59. The second-order valence-corrected chi connectivity index (χ2v) is 8.28. The molecule has 0 fully saturated rings. The second kappa shape index (κ2) is 8.69. The maximum Gasteiger partial charge on any atom is 0.251 e. The lowest BCUT2D eigenvalue weighted by atomic mass is 10.1. The molecule has 2 heterocycles. The van der Waals surface area contributed by atoms with Crippen molar-refractivity contribution in [2.75, 3.05) is 17.7 Å². The Kier molecular flexibility index (Phi) is 5.58. The van der Waals surface area contributed by atoms with Crippen LogP contribution in [0.2, 0.25) is 5.02 Å². The van der Waals surface area contributed by atoms with Crippen molar-refractivity contribution in [2.45, 2.75) is 19.1 Å². The van der Waals surface area contributed by atoms with Gasteiger partial charge in [-0.05, 0) is 29.1 Å². The number of hydrogen-bond donors (Lipinski definition) is 2. The van der Waals surface area contributed by atoms with Crippen LogP contribution in [0.25, 0.3) is 21.9 Å². The number of rotatable bonds is 6. The first-order valence-electron chi connectivity index (χ1n) is 10.5. The number of amides is 2. The SMILES string of the molecule is COCc1nn2c(c1-c1ccc(Cl)cc1)NC(=O)C2CC(=O)Nc1cccc2ccccc12. The molecule has 2 amide bonds. The number of nitrogens with one attached hydrogen (secondary N) is 2. The molecule has 7 nitrogen and oxygen atoms in total. The number of halogens is 1. The van der Waals surface area contributed by atoms with E-state index >= 15 is 0 Å². The fourth-order valence-corrected chi connectivity index (χ4v) is 4.31. The second-order valence-electron chi connectivity index (χ2n) is 7.84. The summed E-state index contributed by atoms with van der Waals surface area (Å²) in [4.78, 5) is 25.7. The zero-order chi connectivity index (χ0) is 22.9. The van der Waals surface area contributed by atoms with Crippen molar-refractivity contribution < 1.29 is 14.3 Å². The molecule has 1 aromatic heterocycles. The normalized spacial score (nSPS) is 14.8. The minimum atomic E-state index is -0.758. The Labute approximate surface area is 195 Å². The van der Waals surface area contributed by atoms with Gasteiger partial charge in [0.2, 0.25) is 5.91 Å². The smallest absolute Gasteiger partial charge is 0.251 e. The molecule has 1 aliphatic rings. The van der Waals surface area contributed by atoms with Crippen molar-refractivity contribution in [2.24, 2.45) is 0 Å². The van der Waals surface area contributed by atoms with Crippen LogP contribution in [0.1, 0.15) is 18.2 Å². The summed E-state index contributed by atoms with van der Waals surface area (Å²) in [6, 6.07) is 20.1. The predicted molar refractivity (Wildman–Crippen MR) is 128 cm³/mol. The summed E-state index contributed by atoms with van der Waals surface area (Å²) in [6.07, 6.45) is -0.0454. The molecule has 1 aliphatic heterocycles. The van der Waals surface area contributed by atoms with E-state index in [0.717, 1.165) is 21.9 Å². The number of hydrogen-bond acceptors (Lipinski definition) is 4. The molecule has 4 aromatic rings. The standard InChI is InChI=1S/C25H21ClN4O3/c1-33-14-20-23(16-9-11-17(26)12-10-16)24-28-25(32)21(30(24)29-20)13-22(31)27-19-8-4-6-15-5-2-3-7-18(15)19/h2-12,21H,13-14H2,1H3,(H,27,31)(H,28,32). The maximum atomic E-state index is 12.9. The third-order valence-electron chi connectivity index (χ3n) is 5.68. The molecule has 0 saturated heterocycles. The van der Waals surface area contributed by atoms with E-state index in [1.54, 1.807) is 23.9 Å². The molecule has 1 atom stereocenters. The van der Waals surface area contributed by atoms with Crippen LogP contribution in [-0.2, 0) is 20.9 Å². The van der Waals surface area contributed by atoms with Gasteiger partial charge in [-0.25, -0.2) is 4.68 Å². The summed E-state index contributed by atoms with van der Waals surface area (Å²) in [5.41, 5.74) is 3.00. The molecule has 166 valence electrons. The lowest BCUT2D eigenvalue weighted by Gasteiger charge is -2.12. The van der Waals surface area contributed by atoms with Gasteiger partial charge >= 0.3 is 0 Å². The molecule has 5 rings (SSSR count). The van der Waals surface area contributed by atoms with Crippen LogP contribution in [0.4, 0.5) is 11.5 Å². The molecule has 33 heavy (non-hydrogen) atoms. The molecule has 0 radical (unpaired) electrons. The largest absolute Gasteiger partial charge is 0.378 e. The summed E-state index contributed by atoms with van der Waals surface area (Å²) in [5.74, 6) is 0.0123. The minimum absolute atomic E-state index is 0.0454. The van der Waals surface area contributed by atoms with E-state index in [4.69, 9.17) is 16.3 Å². The molecular formula is C25H21ClN4O3. The monoisotopic (exact) mass is 460 g/mol. The van der Waals surface area contributed by atoms with Crippen LogP contribution in [0.3, 0.4) is 0 Å². The molecule has 2 N–H and O–H groups in total. The van der Waals surface area contributed by atoms with Gasteiger partial charge in [0, 0.05) is 28.8 Å². The number of nitrogens with zero attached hydrogens (tertiary/aromatic N) is 2. The fourth-order valence-electron chi connectivity index (χ4n) is 4.19. The summed E-state index contributed by atoms with van der Waals surface area (Å²) in [6.45, 7) is 0.267. The lowest BCUT2D eigenvalue weighted by molar-refractivity contribution is -0.123. The van der Waals surface area contributed by atoms with Crippen LogP contribution >= 0.6 is 11.6 Å². The third-order valence-corrected chi connectivity index (χ3v) is 5.93. The first kappa shape index (κ1) is 21.2. The highest BCUT2D eigenvalue weighted by molar-refractivity contribution is 6.30. The van der Waals surface area contributed by atoms with Gasteiger partial charge in [0.25, 0.3) is 5.91 Å². The van der Waals surface area contributed by atoms with Gasteiger partial charge in [0.15, 0.2) is 0 Å². The summed E-state index contributed by atoms with van der Waals surface area (Å²) in [5, 5.41) is 13.0. The Balaban J connectivity index is 1.44. The molecule has 8 heteroatoms. The zero-order valence-electron chi connectivity index (χ0n) is 17.8. The first-order valence-corrected chi connectivity index (χ1v) is 10.9. The van der Waals surface area contributed by atoms with E-state index in [1.807, 2.05) is 54.6 Å². The van der Waals surface area contributed by atoms with Gasteiger partial charge < -0.3 is 15.4 Å². The number of carbonyl (C=O) groups is 2. The van der Waals surface area contributed by atoms with E-state index in [2.05, 4.69) is 15.7 Å². The van der Waals surface area contributed by atoms with E-state index in [9.17, 15) is 9.59 Å². The van der Waals surface area contributed by atoms with Crippen molar-refractivity contribution in [3.63, 3.8) is 0 Å². The molecule has 3 aromatic carbocycles. The highest BCUT2D eigenvalue weighted by atomic mass is 35.5. The van der Waals surface area contributed by atoms with Gasteiger partial charge in [0.1, 0.15) is 11.9 Å². The molecule has 0 saturated carbocycles. The number of carbonyl (C=O) groups excluding carboxylic acids is 2. The Morgan fingerprint density at radius 1 is 1.12 bits per heavy atom. The van der Waals surface area contributed by atoms with E-state index in [1.165, 1.54) is 0 Å². The molecule has 0 spiro atoms. The Bertz CT molecular complexity index is 1360. The van der Waals surface area contributed by atoms with Crippen molar-refractivity contribution in [3.8, 4) is 11.1 Å². The van der Waals surface area contributed by atoms with Gasteiger partial charge in [-0.2, -0.15) is 5.10 Å². The summed E-state index contributed by atoms with van der Waals surface area (Å²) >= 11 is 6.04. The number of anilines is 2. The van der Waals surface area contributed by atoms with E-state index < -0.39 is 6.04 Å². The van der Waals surface area contributed by atoms with Gasteiger partial charge in [-0.15, -0.1) is 0 Å². The minimum Gasteiger partial charge on any atom is -0.378 e. The number of methoxy groups -OCH3 is 1. The molecule has 0 aliphatic carbocycles. The van der Waals surface area contributed by atoms with Crippen molar-refractivity contribution in [3.05, 3.63) is 77.4 Å². The molecular weight excluding hydrogens is 440 g/mol. The number of aromatic nitrogens is 2. The first-order chi connectivity index (χ1) is 16.0. The van der Waals surface area contributed by atoms with Crippen LogP contribution in [0, 0.1) is 0 Å². The fraction of sp³-hybridized carbons (Fsp3) is 0.160. The quantitative estimate of drug-likeness (QED) is 0.423. The van der Waals surface area contributed by atoms with E-state index in [-0.39, 0.29) is 24.8 Å². The van der Waals surface area contributed by atoms with Crippen molar-refractivity contribution >= 4 is 45.7 Å². The van der Waals surface area contributed by atoms with Crippen molar-refractivity contribution in [1.29, 1.82) is 0 Å². The lowest BCUT2D eigenvalue weighted by Crippen LogP contribution is -2.24. The van der Waals surface area contributed by atoms with Crippen LogP contribution < -0.4 is 10.6 Å². The Hall–Kier alpha value is -3.68. The highest BCUT2D eigenvalue weighted by Crippen LogP contribution is 2.39.